The van der Waals surface area contributed by atoms with E-state index in [1.165, 1.54) is 24.8 Å². The van der Waals surface area contributed by atoms with Crippen LogP contribution in [0.4, 0.5) is 11.6 Å². The Morgan fingerprint density at radius 2 is 1.80 bits per heavy atom. The molecule has 4 nitrogen and oxygen atoms in total. The first-order chi connectivity index (χ1) is 9.81. The van der Waals surface area contributed by atoms with Crippen LogP contribution in [0.15, 0.2) is 42.7 Å². The molecule has 0 aliphatic carbocycles. The molecule has 0 spiro atoms. The van der Waals surface area contributed by atoms with Gasteiger partial charge in [-0.1, -0.05) is 30.3 Å². The molecule has 0 amide bonds. The first kappa shape index (κ1) is 12.9. The van der Waals surface area contributed by atoms with Crippen LogP contribution in [0, 0.1) is 5.92 Å². The molecule has 0 saturated carbocycles. The van der Waals surface area contributed by atoms with Crippen molar-refractivity contribution in [2.24, 2.45) is 5.92 Å². The smallest absolute Gasteiger partial charge is 0.147 e. The van der Waals surface area contributed by atoms with Crippen molar-refractivity contribution in [2.45, 2.75) is 19.3 Å². The van der Waals surface area contributed by atoms with Crippen molar-refractivity contribution >= 4 is 11.6 Å². The third-order valence-electron chi connectivity index (χ3n) is 3.96. The molecule has 1 aromatic heterocycles. The fourth-order valence-corrected chi connectivity index (χ4v) is 2.81. The fraction of sp³-hybridized carbons (Fsp3) is 0.375. The second-order valence-electron chi connectivity index (χ2n) is 5.42. The van der Waals surface area contributed by atoms with Gasteiger partial charge in [0.1, 0.15) is 11.6 Å². The summed E-state index contributed by atoms with van der Waals surface area (Å²) in [5.74, 6) is 2.19. The first-order valence-corrected chi connectivity index (χ1v) is 7.17. The van der Waals surface area contributed by atoms with Gasteiger partial charge < -0.3 is 10.6 Å². The average molecular weight is 268 g/mol. The molecule has 0 bridgehead atoms. The molecule has 20 heavy (non-hydrogen) atoms. The second kappa shape index (κ2) is 5.90. The van der Waals surface area contributed by atoms with Crippen LogP contribution >= 0.6 is 0 Å². The van der Waals surface area contributed by atoms with E-state index in [9.17, 15) is 0 Å². The van der Waals surface area contributed by atoms with E-state index in [0.717, 1.165) is 24.8 Å². The number of nitrogens with zero attached hydrogens (tertiary/aromatic N) is 3. The summed E-state index contributed by atoms with van der Waals surface area (Å²) in [6.07, 6.45) is 7.00. The van der Waals surface area contributed by atoms with E-state index < -0.39 is 0 Å². The minimum atomic E-state index is 0.479. The topological polar surface area (TPSA) is 55.0 Å². The Balaban J connectivity index is 1.55. The summed E-state index contributed by atoms with van der Waals surface area (Å²) in [4.78, 5) is 10.8. The van der Waals surface area contributed by atoms with Crippen molar-refractivity contribution in [3.05, 3.63) is 48.3 Å². The maximum atomic E-state index is 5.57. The van der Waals surface area contributed by atoms with E-state index in [4.69, 9.17) is 5.73 Å². The van der Waals surface area contributed by atoms with Gasteiger partial charge in [-0.15, -0.1) is 0 Å². The predicted molar refractivity (Wildman–Crippen MR) is 81.5 cm³/mol. The summed E-state index contributed by atoms with van der Waals surface area (Å²) in [6.45, 7) is 2.10. The summed E-state index contributed by atoms with van der Waals surface area (Å²) in [5, 5.41) is 0. The van der Waals surface area contributed by atoms with Crippen molar-refractivity contribution in [1.29, 1.82) is 0 Å². The molecule has 1 fully saturated rings. The van der Waals surface area contributed by atoms with Gasteiger partial charge in [0.2, 0.25) is 0 Å². The largest absolute Gasteiger partial charge is 0.382 e. The molecular weight excluding hydrogens is 248 g/mol. The highest BCUT2D eigenvalue weighted by atomic mass is 15.2. The highest BCUT2D eigenvalue weighted by molar-refractivity contribution is 5.39. The van der Waals surface area contributed by atoms with E-state index in [2.05, 4.69) is 45.2 Å². The Morgan fingerprint density at radius 1 is 1.05 bits per heavy atom. The van der Waals surface area contributed by atoms with E-state index >= 15 is 0 Å². The van der Waals surface area contributed by atoms with Crippen LogP contribution in [0.1, 0.15) is 18.4 Å². The van der Waals surface area contributed by atoms with Crippen LogP contribution in [0.3, 0.4) is 0 Å². The lowest BCUT2D eigenvalue weighted by atomic mass is 9.90. The van der Waals surface area contributed by atoms with E-state index in [1.54, 1.807) is 12.4 Å². The summed E-state index contributed by atoms with van der Waals surface area (Å²) >= 11 is 0. The summed E-state index contributed by atoms with van der Waals surface area (Å²) in [5.41, 5.74) is 7.01. The van der Waals surface area contributed by atoms with Crippen molar-refractivity contribution in [1.82, 2.24) is 9.97 Å². The molecule has 1 aliphatic rings. The average Bonchev–Trinajstić information content (AvgIpc) is 2.50. The lowest BCUT2D eigenvalue weighted by molar-refractivity contribution is 0.402. The van der Waals surface area contributed by atoms with Gasteiger partial charge in [0.25, 0.3) is 0 Å². The summed E-state index contributed by atoms with van der Waals surface area (Å²) in [6, 6.07) is 10.8. The Morgan fingerprint density at radius 3 is 2.45 bits per heavy atom. The number of nitrogen functional groups attached to an aromatic ring is 1. The van der Waals surface area contributed by atoms with Gasteiger partial charge in [0, 0.05) is 13.1 Å². The first-order valence-electron chi connectivity index (χ1n) is 7.17. The normalized spacial score (nSPS) is 16.3. The third-order valence-corrected chi connectivity index (χ3v) is 3.96. The van der Waals surface area contributed by atoms with Crippen LogP contribution in [-0.4, -0.2) is 23.1 Å². The molecule has 4 heteroatoms. The van der Waals surface area contributed by atoms with Gasteiger partial charge in [0.15, 0.2) is 0 Å². The van der Waals surface area contributed by atoms with E-state index in [1.807, 2.05) is 0 Å². The highest BCUT2D eigenvalue weighted by Gasteiger charge is 2.20. The standard InChI is InChI=1S/C16H20N4/c17-15-11-19-16(12-18-15)20-8-6-14(7-9-20)10-13-4-2-1-3-5-13/h1-5,11-12,14H,6-10H2,(H2,17,18). The number of hydrogen-bond acceptors (Lipinski definition) is 4. The van der Waals surface area contributed by atoms with Gasteiger partial charge >= 0.3 is 0 Å². The predicted octanol–water partition coefficient (Wildman–Crippen LogP) is 2.52. The molecular formula is C16H20N4. The van der Waals surface area contributed by atoms with Crippen molar-refractivity contribution < 1.29 is 0 Å². The molecule has 2 N–H and O–H groups in total. The maximum absolute atomic E-state index is 5.57. The fourth-order valence-electron chi connectivity index (χ4n) is 2.81. The quantitative estimate of drug-likeness (QED) is 0.929. The van der Waals surface area contributed by atoms with Crippen LogP contribution in [-0.2, 0) is 6.42 Å². The number of piperidine rings is 1. The number of aromatic nitrogens is 2. The van der Waals surface area contributed by atoms with Crippen molar-refractivity contribution in [3.8, 4) is 0 Å². The Labute approximate surface area is 119 Å². The number of hydrogen-bond donors (Lipinski definition) is 1. The van der Waals surface area contributed by atoms with Crippen molar-refractivity contribution in [3.63, 3.8) is 0 Å². The maximum Gasteiger partial charge on any atom is 0.147 e. The molecule has 1 saturated heterocycles. The molecule has 0 unspecified atom stereocenters. The van der Waals surface area contributed by atoms with Crippen LogP contribution in [0.2, 0.25) is 0 Å². The minimum Gasteiger partial charge on any atom is -0.382 e. The minimum absolute atomic E-state index is 0.479. The molecule has 3 rings (SSSR count). The zero-order chi connectivity index (χ0) is 13.8. The van der Waals surface area contributed by atoms with Gasteiger partial charge in [-0.25, -0.2) is 9.97 Å². The molecule has 0 atom stereocenters. The lowest BCUT2D eigenvalue weighted by Gasteiger charge is -2.32. The lowest BCUT2D eigenvalue weighted by Crippen LogP contribution is -2.34. The second-order valence-corrected chi connectivity index (χ2v) is 5.42. The van der Waals surface area contributed by atoms with Crippen LogP contribution < -0.4 is 10.6 Å². The van der Waals surface area contributed by atoms with Gasteiger partial charge in [-0.2, -0.15) is 0 Å². The van der Waals surface area contributed by atoms with Gasteiger partial charge in [-0.3, -0.25) is 0 Å². The van der Waals surface area contributed by atoms with Gasteiger partial charge in [-0.05, 0) is 30.7 Å². The van der Waals surface area contributed by atoms with Gasteiger partial charge in [0.05, 0.1) is 12.4 Å². The molecule has 0 radical (unpaired) electrons. The molecule has 1 aliphatic heterocycles. The molecule has 1 aromatic carbocycles. The highest BCUT2D eigenvalue weighted by Crippen LogP contribution is 2.24. The Bertz CT molecular complexity index is 530. The van der Waals surface area contributed by atoms with E-state index in [-0.39, 0.29) is 0 Å². The number of rotatable bonds is 3. The van der Waals surface area contributed by atoms with E-state index in [0.29, 0.717) is 5.82 Å². The number of anilines is 2. The SMILES string of the molecule is Nc1cnc(N2CCC(Cc3ccccc3)CC2)cn1. The zero-order valence-corrected chi connectivity index (χ0v) is 11.6. The van der Waals surface area contributed by atoms with Crippen molar-refractivity contribution in [2.75, 3.05) is 23.7 Å². The Hall–Kier alpha value is -2.10. The summed E-state index contributed by atoms with van der Waals surface area (Å²) in [7, 11) is 0. The van der Waals surface area contributed by atoms with Crippen LogP contribution in [0.25, 0.3) is 0 Å². The molecule has 2 heterocycles. The Kier molecular flexibility index (Phi) is 3.81. The zero-order valence-electron chi connectivity index (χ0n) is 11.6. The van der Waals surface area contributed by atoms with Crippen LogP contribution in [0.5, 0.6) is 0 Å². The monoisotopic (exact) mass is 268 g/mol. The number of nitrogens with two attached hydrogens (primary N) is 1. The summed E-state index contributed by atoms with van der Waals surface area (Å²) < 4.78 is 0. The number of benzene rings is 1. The molecule has 2 aromatic rings. The third kappa shape index (κ3) is 3.07. The molecule has 104 valence electrons.